The van der Waals surface area contributed by atoms with E-state index in [1.54, 1.807) is 31.3 Å². The third-order valence-electron chi connectivity index (χ3n) is 5.67. The summed E-state index contributed by atoms with van der Waals surface area (Å²) in [4.78, 5) is 56.0. The van der Waals surface area contributed by atoms with Gasteiger partial charge in [0, 0.05) is 20.0 Å². The van der Waals surface area contributed by atoms with E-state index in [1.165, 1.54) is 14.1 Å². The molecule has 3 N–H and O–H groups in total. The number of imidazole rings is 1. The van der Waals surface area contributed by atoms with Crippen LogP contribution < -0.4 is 22.0 Å². The number of nitrogens with one attached hydrogen (secondary N) is 1. The van der Waals surface area contributed by atoms with Crippen molar-refractivity contribution in [3.8, 4) is 0 Å². The maximum Gasteiger partial charge on any atom is 0.355 e. The lowest BCUT2D eigenvalue weighted by atomic mass is 10.1. The predicted molar refractivity (Wildman–Crippen MR) is 124 cm³/mol. The Labute approximate surface area is 193 Å². The van der Waals surface area contributed by atoms with Crippen LogP contribution in [0.5, 0.6) is 0 Å². The molecular weight excluding hydrogens is 442 g/mol. The van der Waals surface area contributed by atoms with Crippen LogP contribution in [0.15, 0.2) is 45.0 Å². The van der Waals surface area contributed by atoms with Crippen molar-refractivity contribution >= 4 is 34.4 Å². The number of ether oxygens (including phenoxy) is 1. The second-order valence-corrected chi connectivity index (χ2v) is 7.95. The summed E-state index contributed by atoms with van der Waals surface area (Å²) in [5, 5.41) is 5.66. The van der Waals surface area contributed by atoms with Crippen LogP contribution in [-0.4, -0.2) is 42.7 Å². The highest BCUT2D eigenvalue weighted by Crippen LogP contribution is 2.24. The number of nitrogens with two attached hydrogens (primary N) is 1. The summed E-state index contributed by atoms with van der Waals surface area (Å²) in [6, 6.07) is 8.08. The first-order valence-electron chi connectivity index (χ1n) is 10.9. The van der Waals surface area contributed by atoms with Gasteiger partial charge < -0.3 is 15.0 Å². The largest absolute Gasteiger partial charge is 0.453 e. The molecule has 1 atom stereocenters. The minimum Gasteiger partial charge on any atom is -0.453 e. The molecule has 34 heavy (non-hydrogen) atoms. The molecule has 0 radical (unpaired) electrons. The quantitative estimate of drug-likeness (QED) is 0.454. The normalized spacial score (nSPS) is 15.5. The van der Waals surface area contributed by atoms with Crippen molar-refractivity contribution < 1.29 is 14.3 Å². The van der Waals surface area contributed by atoms with Gasteiger partial charge in [0.05, 0.1) is 5.69 Å². The number of H-pyrrole nitrogens is 1. The van der Waals surface area contributed by atoms with Crippen molar-refractivity contribution in [2.45, 2.75) is 45.4 Å². The number of anilines is 1. The number of benzene rings is 1. The van der Waals surface area contributed by atoms with Gasteiger partial charge in [-0.15, -0.1) is 0 Å². The number of carbonyl (C=O) groups excluding carboxylic acids is 2. The molecule has 0 saturated heterocycles. The molecular formula is C22H25N7O5. The number of fused-ring (bicyclic) bond motifs is 1. The van der Waals surface area contributed by atoms with E-state index < -0.39 is 29.2 Å². The molecule has 178 valence electrons. The number of esters is 1. The van der Waals surface area contributed by atoms with Gasteiger partial charge in [0.25, 0.3) is 5.56 Å². The number of hydrazone groups is 1. The standard InChI is InChI=1S/C22H25N7O5/c1-3-4-10-28-19-17(20(31)25-22(28)33)27(2)16(24-19)12-34-21(32)14-11-15(18(23)30)29(26-14)13-8-6-5-7-9-13/h5-9,15H,3-4,10-12H2,1-2H3,(H2,23,30)(H,25,31,33). The topological polar surface area (TPSA) is 158 Å². The number of aromatic amines is 1. The number of unbranched alkanes of at least 4 members (excludes halogenated alkanes) is 1. The third kappa shape index (κ3) is 4.21. The molecule has 4 rings (SSSR count). The number of aromatic nitrogens is 4. The van der Waals surface area contributed by atoms with Crippen LogP contribution >= 0.6 is 0 Å². The zero-order valence-corrected chi connectivity index (χ0v) is 18.9. The van der Waals surface area contributed by atoms with Crippen LogP contribution in [0.25, 0.3) is 11.2 Å². The Kier molecular flexibility index (Phi) is 6.30. The maximum atomic E-state index is 12.7. The van der Waals surface area contributed by atoms with Gasteiger partial charge in [-0.05, 0) is 18.6 Å². The van der Waals surface area contributed by atoms with Crippen LogP contribution in [0.3, 0.4) is 0 Å². The van der Waals surface area contributed by atoms with Crippen molar-refractivity contribution in [3.05, 3.63) is 57.0 Å². The van der Waals surface area contributed by atoms with Crippen molar-refractivity contribution in [2.24, 2.45) is 17.9 Å². The van der Waals surface area contributed by atoms with Gasteiger partial charge in [-0.3, -0.25) is 24.1 Å². The van der Waals surface area contributed by atoms with E-state index in [1.807, 2.05) is 13.0 Å². The number of amides is 1. The van der Waals surface area contributed by atoms with Crippen LogP contribution in [-0.2, 0) is 34.5 Å². The van der Waals surface area contributed by atoms with Gasteiger partial charge in [-0.2, -0.15) is 5.10 Å². The number of carbonyl (C=O) groups is 2. The summed E-state index contributed by atoms with van der Waals surface area (Å²) in [7, 11) is 1.61. The molecule has 0 spiro atoms. The van der Waals surface area contributed by atoms with Gasteiger partial charge >= 0.3 is 11.7 Å². The molecule has 1 aromatic carbocycles. The van der Waals surface area contributed by atoms with Crippen molar-refractivity contribution in [1.82, 2.24) is 19.1 Å². The number of rotatable bonds is 8. The molecule has 12 heteroatoms. The minimum atomic E-state index is -0.813. The highest BCUT2D eigenvalue weighted by atomic mass is 16.5. The maximum absolute atomic E-state index is 12.7. The Bertz CT molecular complexity index is 1390. The number of para-hydroxylation sites is 1. The second kappa shape index (κ2) is 9.33. The van der Waals surface area contributed by atoms with E-state index in [0.29, 0.717) is 12.2 Å². The first kappa shape index (κ1) is 23.0. The first-order valence-corrected chi connectivity index (χ1v) is 10.9. The second-order valence-electron chi connectivity index (χ2n) is 7.95. The SMILES string of the molecule is CCCCn1c(=O)[nH]c(=O)c2c1nc(COC(=O)C1=NN(c3ccccc3)C(C(N)=O)C1)n2C. The highest BCUT2D eigenvalue weighted by Gasteiger charge is 2.35. The molecule has 1 unspecified atom stereocenters. The Balaban J connectivity index is 1.57. The van der Waals surface area contributed by atoms with E-state index in [4.69, 9.17) is 10.5 Å². The Hall–Kier alpha value is -4.22. The lowest BCUT2D eigenvalue weighted by Gasteiger charge is -2.20. The first-order chi connectivity index (χ1) is 16.3. The minimum absolute atomic E-state index is 0.00182. The van der Waals surface area contributed by atoms with Gasteiger partial charge in [0.15, 0.2) is 11.2 Å². The highest BCUT2D eigenvalue weighted by molar-refractivity contribution is 6.38. The summed E-state index contributed by atoms with van der Waals surface area (Å²) >= 11 is 0. The van der Waals surface area contributed by atoms with Gasteiger partial charge in [0.2, 0.25) is 5.91 Å². The Morgan fingerprint density at radius 1 is 1.24 bits per heavy atom. The molecule has 1 amide bonds. The summed E-state index contributed by atoms with van der Waals surface area (Å²) in [5.74, 6) is -1.06. The lowest BCUT2D eigenvalue weighted by molar-refractivity contribution is -0.137. The molecule has 0 fully saturated rings. The average Bonchev–Trinajstić information content (AvgIpc) is 3.40. The van der Waals surface area contributed by atoms with Crippen LogP contribution in [0.4, 0.5) is 5.69 Å². The van der Waals surface area contributed by atoms with Gasteiger partial charge in [-0.1, -0.05) is 31.5 Å². The molecule has 0 bridgehead atoms. The molecule has 0 saturated carbocycles. The summed E-state index contributed by atoms with van der Waals surface area (Å²) in [6.07, 6.45) is 1.60. The van der Waals surface area contributed by atoms with E-state index in [0.717, 1.165) is 12.8 Å². The number of nitrogens with zero attached hydrogens (tertiary/aromatic N) is 5. The fourth-order valence-corrected chi connectivity index (χ4v) is 3.83. The van der Waals surface area contributed by atoms with E-state index >= 15 is 0 Å². The van der Waals surface area contributed by atoms with Crippen LogP contribution in [0.1, 0.15) is 32.0 Å². The summed E-state index contributed by atoms with van der Waals surface area (Å²) in [5.41, 5.74) is 5.52. The number of aryl methyl sites for hydroxylation is 2. The molecule has 1 aliphatic heterocycles. The third-order valence-corrected chi connectivity index (χ3v) is 5.67. The van der Waals surface area contributed by atoms with E-state index in [-0.39, 0.29) is 35.7 Å². The molecule has 3 heterocycles. The van der Waals surface area contributed by atoms with E-state index in [2.05, 4.69) is 15.1 Å². The van der Waals surface area contributed by atoms with E-state index in [9.17, 15) is 19.2 Å². The molecule has 0 aliphatic carbocycles. The average molecular weight is 467 g/mol. The number of hydrogen-bond donors (Lipinski definition) is 2. The molecule has 12 nitrogen and oxygen atoms in total. The Morgan fingerprint density at radius 2 is 1.97 bits per heavy atom. The number of hydrogen-bond acceptors (Lipinski definition) is 8. The number of primary amides is 1. The Morgan fingerprint density at radius 3 is 2.65 bits per heavy atom. The van der Waals surface area contributed by atoms with Gasteiger partial charge in [0.1, 0.15) is 24.2 Å². The lowest BCUT2D eigenvalue weighted by Crippen LogP contribution is -2.39. The molecule has 2 aromatic heterocycles. The summed E-state index contributed by atoms with van der Waals surface area (Å²) < 4.78 is 8.29. The smallest absolute Gasteiger partial charge is 0.355 e. The predicted octanol–water partition coefficient (Wildman–Crippen LogP) is 0.387. The molecule has 1 aliphatic rings. The van der Waals surface area contributed by atoms with Crippen LogP contribution in [0, 0.1) is 0 Å². The van der Waals surface area contributed by atoms with Crippen molar-refractivity contribution in [1.29, 1.82) is 0 Å². The fraction of sp³-hybridized carbons (Fsp3) is 0.364. The fourth-order valence-electron chi connectivity index (χ4n) is 3.83. The summed E-state index contributed by atoms with van der Waals surface area (Å²) in [6.45, 7) is 2.14. The van der Waals surface area contributed by atoms with Crippen LogP contribution in [0.2, 0.25) is 0 Å². The zero-order chi connectivity index (χ0) is 24.4. The molecule has 3 aromatic rings. The van der Waals surface area contributed by atoms with Gasteiger partial charge in [-0.25, -0.2) is 14.6 Å². The van der Waals surface area contributed by atoms with Crippen molar-refractivity contribution in [3.63, 3.8) is 0 Å². The monoisotopic (exact) mass is 467 g/mol. The van der Waals surface area contributed by atoms with Crippen molar-refractivity contribution in [2.75, 3.05) is 5.01 Å². The zero-order valence-electron chi connectivity index (χ0n) is 18.9.